The van der Waals surface area contributed by atoms with Gasteiger partial charge in [-0.3, -0.25) is 4.79 Å². The Morgan fingerprint density at radius 2 is 2.21 bits per heavy atom. The van der Waals surface area contributed by atoms with Crippen LogP contribution in [0.5, 0.6) is 0 Å². The smallest absolute Gasteiger partial charge is 0.225 e. The second kappa shape index (κ2) is 5.84. The van der Waals surface area contributed by atoms with E-state index in [0.29, 0.717) is 13.0 Å². The number of fused-ring (bicyclic) bond motifs is 1. The Balaban J connectivity index is 2.33. The quantitative estimate of drug-likeness (QED) is 0.862. The van der Waals surface area contributed by atoms with Crippen LogP contribution in [-0.4, -0.2) is 22.0 Å². The van der Waals surface area contributed by atoms with Crippen molar-refractivity contribution in [2.45, 2.75) is 33.2 Å². The minimum Gasteiger partial charge on any atom is -0.330 e. The summed E-state index contributed by atoms with van der Waals surface area (Å²) in [5, 5.41) is 2.83. The molecule has 5 heteroatoms. The summed E-state index contributed by atoms with van der Waals surface area (Å²) < 4.78 is 2.20. The number of anilines is 1. The summed E-state index contributed by atoms with van der Waals surface area (Å²) in [5.74, 6) is 1.01. The number of amides is 1. The second-order valence-corrected chi connectivity index (χ2v) is 4.42. The first-order valence-corrected chi connectivity index (χ1v) is 6.68. The minimum absolute atomic E-state index is 0.0625. The van der Waals surface area contributed by atoms with E-state index in [-0.39, 0.29) is 5.91 Å². The monoisotopic (exact) mass is 260 g/mol. The molecule has 0 unspecified atom stereocenters. The molecule has 0 spiro atoms. The van der Waals surface area contributed by atoms with Gasteiger partial charge in [-0.1, -0.05) is 6.92 Å². The van der Waals surface area contributed by atoms with Crippen LogP contribution >= 0.6 is 0 Å². The largest absolute Gasteiger partial charge is 0.330 e. The number of nitrogens with zero attached hydrogens (tertiary/aromatic N) is 2. The van der Waals surface area contributed by atoms with Crippen molar-refractivity contribution in [2.75, 3.05) is 11.9 Å². The van der Waals surface area contributed by atoms with E-state index in [1.54, 1.807) is 0 Å². The summed E-state index contributed by atoms with van der Waals surface area (Å²) in [4.78, 5) is 16.1. The van der Waals surface area contributed by atoms with Crippen molar-refractivity contribution in [1.82, 2.24) is 9.55 Å². The van der Waals surface area contributed by atoms with Gasteiger partial charge in [0.05, 0.1) is 11.0 Å². The molecule has 0 bridgehead atoms. The summed E-state index contributed by atoms with van der Waals surface area (Å²) >= 11 is 0. The van der Waals surface area contributed by atoms with Gasteiger partial charge in [0.15, 0.2) is 0 Å². The van der Waals surface area contributed by atoms with Gasteiger partial charge in [0, 0.05) is 31.6 Å². The van der Waals surface area contributed by atoms with Crippen LogP contribution in [0.3, 0.4) is 0 Å². The highest BCUT2D eigenvalue weighted by atomic mass is 16.1. The first-order valence-electron chi connectivity index (χ1n) is 6.68. The number of aromatic nitrogens is 2. The summed E-state index contributed by atoms with van der Waals surface area (Å²) in [7, 11) is 0. The SMILES string of the molecule is CCc1nc2cc(NC(=O)CCN)ccc2n1CC. The van der Waals surface area contributed by atoms with Gasteiger partial charge in [-0.25, -0.2) is 4.98 Å². The van der Waals surface area contributed by atoms with E-state index in [2.05, 4.69) is 28.7 Å². The molecule has 0 fully saturated rings. The highest BCUT2D eigenvalue weighted by molar-refractivity contribution is 5.93. The van der Waals surface area contributed by atoms with Crippen molar-refractivity contribution in [3.63, 3.8) is 0 Å². The third-order valence-corrected chi connectivity index (χ3v) is 3.11. The zero-order valence-corrected chi connectivity index (χ0v) is 11.4. The van der Waals surface area contributed by atoms with Gasteiger partial charge in [-0.05, 0) is 25.1 Å². The van der Waals surface area contributed by atoms with E-state index in [0.717, 1.165) is 35.5 Å². The third-order valence-electron chi connectivity index (χ3n) is 3.11. The second-order valence-electron chi connectivity index (χ2n) is 4.42. The van der Waals surface area contributed by atoms with Crippen molar-refractivity contribution in [1.29, 1.82) is 0 Å². The Hall–Kier alpha value is -1.88. The molecule has 1 aromatic heterocycles. The molecule has 1 aromatic carbocycles. The molecule has 0 aliphatic rings. The molecule has 0 aliphatic carbocycles. The molecule has 2 rings (SSSR count). The van der Waals surface area contributed by atoms with Crippen molar-refractivity contribution < 1.29 is 4.79 Å². The van der Waals surface area contributed by atoms with Crippen LogP contribution < -0.4 is 11.1 Å². The predicted octanol–water partition coefficient (Wildman–Crippen LogP) is 1.91. The van der Waals surface area contributed by atoms with Crippen LogP contribution in [0.1, 0.15) is 26.1 Å². The molecular weight excluding hydrogens is 240 g/mol. The Labute approximate surface area is 112 Å². The lowest BCUT2D eigenvalue weighted by Gasteiger charge is -2.05. The standard InChI is InChI=1S/C14H20N4O/c1-3-13-17-11-9-10(16-14(19)7-8-15)5-6-12(11)18(13)4-2/h5-6,9H,3-4,7-8,15H2,1-2H3,(H,16,19). The van der Waals surface area contributed by atoms with Crippen LogP contribution in [0, 0.1) is 0 Å². The fraction of sp³-hybridized carbons (Fsp3) is 0.429. The molecule has 3 N–H and O–H groups in total. The summed E-state index contributed by atoms with van der Waals surface area (Å²) in [6.45, 7) is 5.46. The number of nitrogens with two attached hydrogens (primary N) is 1. The van der Waals surface area contributed by atoms with Crippen molar-refractivity contribution >= 4 is 22.6 Å². The van der Waals surface area contributed by atoms with Crippen LogP contribution in [-0.2, 0) is 17.8 Å². The van der Waals surface area contributed by atoms with Gasteiger partial charge in [-0.15, -0.1) is 0 Å². The number of imidazole rings is 1. The maximum atomic E-state index is 11.5. The van der Waals surface area contributed by atoms with E-state index >= 15 is 0 Å². The van der Waals surface area contributed by atoms with E-state index in [9.17, 15) is 4.79 Å². The zero-order valence-electron chi connectivity index (χ0n) is 11.4. The first kappa shape index (κ1) is 13.5. The third kappa shape index (κ3) is 2.76. The maximum absolute atomic E-state index is 11.5. The van der Waals surface area contributed by atoms with Crippen LogP contribution in [0.25, 0.3) is 11.0 Å². The lowest BCUT2D eigenvalue weighted by molar-refractivity contribution is -0.116. The molecule has 0 aliphatic heterocycles. The molecule has 2 aromatic rings. The number of carbonyl (C=O) groups is 1. The zero-order chi connectivity index (χ0) is 13.8. The normalized spacial score (nSPS) is 10.9. The maximum Gasteiger partial charge on any atom is 0.225 e. The first-order chi connectivity index (χ1) is 9.19. The van der Waals surface area contributed by atoms with Gasteiger partial charge in [-0.2, -0.15) is 0 Å². The summed E-state index contributed by atoms with van der Waals surface area (Å²) in [5.41, 5.74) is 8.16. The number of carbonyl (C=O) groups excluding carboxylic acids is 1. The highest BCUT2D eigenvalue weighted by Crippen LogP contribution is 2.21. The van der Waals surface area contributed by atoms with E-state index in [1.165, 1.54) is 0 Å². The number of hydrogen-bond acceptors (Lipinski definition) is 3. The molecule has 0 saturated carbocycles. The molecule has 1 heterocycles. The number of aryl methyl sites for hydroxylation is 2. The Morgan fingerprint density at radius 1 is 1.42 bits per heavy atom. The average molecular weight is 260 g/mol. The van der Waals surface area contributed by atoms with Crippen molar-refractivity contribution in [3.8, 4) is 0 Å². The van der Waals surface area contributed by atoms with Gasteiger partial charge in [0.1, 0.15) is 5.82 Å². The predicted molar refractivity (Wildman–Crippen MR) is 77.1 cm³/mol. The van der Waals surface area contributed by atoms with E-state index < -0.39 is 0 Å². The molecule has 5 nitrogen and oxygen atoms in total. The van der Waals surface area contributed by atoms with Gasteiger partial charge in [0.25, 0.3) is 0 Å². The Bertz CT molecular complexity index is 588. The minimum atomic E-state index is -0.0625. The Kier molecular flexibility index (Phi) is 4.16. The van der Waals surface area contributed by atoms with Crippen LogP contribution in [0.4, 0.5) is 5.69 Å². The fourth-order valence-corrected chi connectivity index (χ4v) is 2.23. The number of benzene rings is 1. The topological polar surface area (TPSA) is 72.9 Å². The van der Waals surface area contributed by atoms with Gasteiger partial charge < -0.3 is 15.6 Å². The number of nitrogens with one attached hydrogen (secondary N) is 1. The van der Waals surface area contributed by atoms with Crippen LogP contribution in [0.2, 0.25) is 0 Å². The summed E-state index contributed by atoms with van der Waals surface area (Å²) in [6, 6.07) is 5.82. The van der Waals surface area contributed by atoms with E-state index in [4.69, 9.17) is 5.73 Å². The molecule has 19 heavy (non-hydrogen) atoms. The fourth-order valence-electron chi connectivity index (χ4n) is 2.23. The molecule has 0 radical (unpaired) electrons. The number of hydrogen-bond donors (Lipinski definition) is 2. The van der Waals surface area contributed by atoms with Crippen LogP contribution in [0.15, 0.2) is 18.2 Å². The van der Waals surface area contributed by atoms with Gasteiger partial charge in [0.2, 0.25) is 5.91 Å². The molecule has 1 amide bonds. The number of rotatable bonds is 5. The molecular formula is C14H20N4O. The molecule has 102 valence electrons. The van der Waals surface area contributed by atoms with E-state index in [1.807, 2.05) is 18.2 Å². The average Bonchev–Trinajstić information content (AvgIpc) is 2.75. The Morgan fingerprint density at radius 3 is 2.84 bits per heavy atom. The lowest BCUT2D eigenvalue weighted by Crippen LogP contribution is -2.16. The van der Waals surface area contributed by atoms with Crippen molar-refractivity contribution in [3.05, 3.63) is 24.0 Å². The van der Waals surface area contributed by atoms with Crippen molar-refractivity contribution in [2.24, 2.45) is 5.73 Å². The highest BCUT2D eigenvalue weighted by Gasteiger charge is 2.09. The lowest BCUT2D eigenvalue weighted by atomic mass is 10.2. The molecule has 0 saturated heterocycles. The summed E-state index contributed by atoms with van der Waals surface area (Å²) in [6.07, 6.45) is 1.24. The van der Waals surface area contributed by atoms with Gasteiger partial charge >= 0.3 is 0 Å². The molecule has 0 atom stereocenters.